The molecular formula is C16H21N3OS. The van der Waals surface area contributed by atoms with E-state index in [1.807, 2.05) is 43.3 Å². The van der Waals surface area contributed by atoms with E-state index in [1.54, 1.807) is 11.3 Å². The van der Waals surface area contributed by atoms with Crippen LogP contribution < -0.4 is 10.2 Å². The number of aromatic nitrogens is 1. The molecule has 0 fully saturated rings. The summed E-state index contributed by atoms with van der Waals surface area (Å²) in [6.07, 6.45) is 0. The van der Waals surface area contributed by atoms with Crippen molar-refractivity contribution in [2.24, 2.45) is 0 Å². The van der Waals surface area contributed by atoms with Crippen molar-refractivity contribution in [1.82, 2.24) is 10.3 Å². The Morgan fingerprint density at radius 1 is 1.29 bits per heavy atom. The van der Waals surface area contributed by atoms with Gasteiger partial charge in [-0.25, -0.2) is 4.98 Å². The quantitative estimate of drug-likeness (QED) is 0.922. The number of nitrogens with zero attached hydrogens (tertiary/aromatic N) is 2. The minimum Gasteiger partial charge on any atom is -0.378 e. The SMILES string of the molecule is CC(C)c1csc(CNC(=O)c2ccc(N(C)C)cc2)n1. The van der Waals surface area contributed by atoms with Crippen molar-refractivity contribution in [2.45, 2.75) is 26.3 Å². The molecule has 0 atom stereocenters. The first-order valence-corrected chi connectivity index (χ1v) is 7.85. The third-order valence-corrected chi connectivity index (χ3v) is 4.07. The normalized spacial score (nSPS) is 10.7. The lowest BCUT2D eigenvalue weighted by molar-refractivity contribution is 0.0951. The van der Waals surface area contributed by atoms with Gasteiger partial charge >= 0.3 is 0 Å². The van der Waals surface area contributed by atoms with Crippen LogP contribution in [-0.2, 0) is 6.54 Å². The Bertz CT molecular complexity index is 602. The number of hydrogen-bond acceptors (Lipinski definition) is 4. The van der Waals surface area contributed by atoms with Crippen molar-refractivity contribution < 1.29 is 4.79 Å². The van der Waals surface area contributed by atoms with Gasteiger partial charge in [0.1, 0.15) is 5.01 Å². The van der Waals surface area contributed by atoms with Gasteiger partial charge in [0.2, 0.25) is 0 Å². The predicted octanol–water partition coefficient (Wildman–Crippen LogP) is 3.26. The van der Waals surface area contributed by atoms with E-state index in [0.29, 0.717) is 18.0 Å². The highest BCUT2D eigenvalue weighted by atomic mass is 32.1. The molecular weight excluding hydrogens is 282 g/mol. The summed E-state index contributed by atoms with van der Waals surface area (Å²) >= 11 is 1.59. The van der Waals surface area contributed by atoms with Crippen LogP contribution in [0.3, 0.4) is 0 Å². The predicted molar refractivity (Wildman–Crippen MR) is 88.1 cm³/mol. The monoisotopic (exact) mass is 303 g/mol. The van der Waals surface area contributed by atoms with Gasteiger partial charge in [-0.15, -0.1) is 11.3 Å². The Labute approximate surface area is 129 Å². The van der Waals surface area contributed by atoms with E-state index in [4.69, 9.17) is 0 Å². The summed E-state index contributed by atoms with van der Waals surface area (Å²) in [5, 5.41) is 5.91. The van der Waals surface area contributed by atoms with Gasteiger partial charge in [0.05, 0.1) is 12.2 Å². The summed E-state index contributed by atoms with van der Waals surface area (Å²) in [4.78, 5) is 18.6. The maximum absolute atomic E-state index is 12.1. The van der Waals surface area contributed by atoms with Crippen molar-refractivity contribution in [2.75, 3.05) is 19.0 Å². The number of amides is 1. The summed E-state index contributed by atoms with van der Waals surface area (Å²) in [5.41, 5.74) is 2.83. The van der Waals surface area contributed by atoms with Gasteiger partial charge in [0.25, 0.3) is 5.91 Å². The molecule has 0 spiro atoms. The third kappa shape index (κ3) is 4.04. The van der Waals surface area contributed by atoms with Crippen LogP contribution in [0.25, 0.3) is 0 Å². The molecule has 0 aliphatic carbocycles. The highest BCUT2D eigenvalue weighted by molar-refractivity contribution is 7.09. The summed E-state index contributed by atoms with van der Waals surface area (Å²) in [6.45, 7) is 4.71. The van der Waals surface area contributed by atoms with Crippen LogP contribution in [0.5, 0.6) is 0 Å². The van der Waals surface area contributed by atoms with Crippen LogP contribution in [0.15, 0.2) is 29.6 Å². The molecule has 21 heavy (non-hydrogen) atoms. The van der Waals surface area contributed by atoms with Crippen LogP contribution >= 0.6 is 11.3 Å². The number of anilines is 1. The number of nitrogens with one attached hydrogen (secondary N) is 1. The number of carbonyl (C=O) groups is 1. The Balaban J connectivity index is 1.94. The van der Waals surface area contributed by atoms with E-state index in [2.05, 4.69) is 29.5 Å². The fraction of sp³-hybridized carbons (Fsp3) is 0.375. The standard InChI is InChI=1S/C16H21N3OS/c1-11(2)14-10-21-15(18-14)9-17-16(20)12-5-7-13(8-6-12)19(3)4/h5-8,10-11H,9H2,1-4H3,(H,17,20). The number of benzene rings is 1. The van der Waals surface area contributed by atoms with Gasteiger partial charge in [-0.2, -0.15) is 0 Å². The van der Waals surface area contributed by atoms with Gasteiger partial charge in [0.15, 0.2) is 0 Å². The highest BCUT2D eigenvalue weighted by Crippen LogP contribution is 2.18. The van der Waals surface area contributed by atoms with E-state index < -0.39 is 0 Å². The summed E-state index contributed by atoms with van der Waals surface area (Å²) < 4.78 is 0. The molecule has 1 aromatic carbocycles. The first-order valence-electron chi connectivity index (χ1n) is 6.97. The van der Waals surface area contributed by atoms with Gasteiger partial charge in [0, 0.05) is 30.7 Å². The molecule has 5 heteroatoms. The molecule has 0 aliphatic rings. The van der Waals surface area contributed by atoms with E-state index in [9.17, 15) is 4.79 Å². The zero-order valence-corrected chi connectivity index (χ0v) is 13.7. The molecule has 0 radical (unpaired) electrons. The lowest BCUT2D eigenvalue weighted by Crippen LogP contribution is -2.22. The molecule has 2 aromatic rings. The molecule has 0 aliphatic heterocycles. The van der Waals surface area contributed by atoms with Gasteiger partial charge in [-0.3, -0.25) is 4.79 Å². The maximum atomic E-state index is 12.1. The molecule has 1 N–H and O–H groups in total. The minimum absolute atomic E-state index is 0.0680. The van der Waals surface area contributed by atoms with Crippen molar-refractivity contribution >= 4 is 22.9 Å². The number of carbonyl (C=O) groups excluding carboxylic acids is 1. The van der Waals surface area contributed by atoms with E-state index in [-0.39, 0.29) is 5.91 Å². The Morgan fingerprint density at radius 2 is 1.95 bits per heavy atom. The zero-order valence-electron chi connectivity index (χ0n) is 12.9. The molecule has 0 saturated heterocycles. The number of thiazole rings is 1. The van der Waals surface area contributed by atoms with Crippen molar-refractivity contribution in [3.8, 4) is 0 Å². The Hall–Kier alpha value is -1.88. The number of hydrogen-bond donors (Lipinski definition) is 1. The summed E-state index contributed by atoms with van der Waals surface area (Å²) in [7, 11) is 3.95. The maximum Gasteiger partial charge on any atom is 0.251 e. The summed E-state index contributed by atoms with van der Waals surface area (Å²) in [6, 6.07) is 7.56. The second-order valence-corrected chi connectivity index (χ2v) is 6.39. The largest absolute Gasteiger partial charge is 0.378 e. The summed E-state index contributed by atoms with van der Waals surface area (Å²) in [5.74, 6) is 0.353. The van der Waals surface area contributed by atoms with Crippen molar-refractivity contribution in [1.29, 1.82) is 0 Å². The molecule has 1 heterocycles. The molecule has 4 nitrogen and oxygen atoms in total. The average molecular weight is 303 g/mol. The van der Waals surface area contributed by atoms with E-state index in [1.165, 1.54) is 0 Å². The highest BCUT2D eigenvalue weighted by Gasteiger charge is 2.09. The van der Waals surface area contributed by atoms with Crippen molar-refractivity contribution in [3.05, 3.63) is 45.9 Å². The topological polar surface area (TPSA) is 45.2 Å². The minimum atomic E-state index is -0.0680. The lowest BCUT2D eigenvalue weighted by atomic mass is 10.2. The second-order valence-electron chi connectivity index (χ2n) is 5.44. The van der Waals surface area contributed by atoms with Gasteiger partial charge in [-0.05, 0) is 30.2 Å². The third-order valence-electron chi connectivity index (χ3n) is 3.21. The molecule has 0 bridgehead atoms. The van der Waals surface area contributed by atoms with Crippen molar-refractivity contribution in [3.63, 3.8) is 0 Å². The molecule has 1 aromatic heterocycles. The molecule has 2 rings (SSSR count). The molecule has 0 saturated carbocycles. The molecule has 0 unspecified atom stereocenters. The van der Waals surface area contributed by atoms with Crippen LogP contribution in [-0.4, -0.2) is 25.0 Å². The molecule has 112 valence electrons. The van der Waals surface area contributed by atoms with Crippen LogP contribution in [0.2, 0.25) is 0 Å². The first kappa shape index (κ1) is 15.5. The average Bonchev–Trinajstić information content (AvgIpc) is 2.94. The fourth-order valence-electron chi connectivity index (χ4n) is 1.84. The zero-order chi connectivity index (χ0) is 15.4. The fourth-order valence-corrected chi connectivity index (χ4v) is 2.74. The van der Waals surface area contributed by atoms with E-state index in [0.717, 1.165) is 16.4 Å². The second kappa shape index (κ2) is 6.72. The van der Waals surface area contributed by atoms with Crippen LogP contribution in [0.4, 0.5) is 5.69 Å². The van der Waals surface area contributed by atoms with Crippen LogP contribution in [0, 0.1) is 0 Å². The van der Waals surface area contributed by atoms with Gasteiger partial charge < -0.3 is 10.2 Å². The molecule has 1 amide bonds. The lowest BCUT2D eigenvalue weighted by Gasteiger charge is -2.12. The van der Waals surface area contributed by atoms with E-state index >= 15 is 0 Å². The smallest absolute Gasteiger partial charge is 0.251 e. The van der Waals surface area contributed by atoms with Crippen LogP contribution in [0.1, 0.15) is 40.8 Å². The number of rotatable bonds is 5. The van der Waals surface area contributed by atoms with Gasteiger partial charge in [-0.1, -0.05) is 13.8 Å². The first-order chi connectivity index (χ1) is 9.97. The Kier molecular flexibility index (Phi) is 4.96. The Morgan fingerprint density at radius 3 is 2.48 bits per heavy atom.